The Morgan fingerprint density at radius 2 is 1.94 bits per heavy atom. The molecule has 0 fully saturated rings. The smallest absolute Gasteiger partial charge is 0.236 e. The number of rotatable bonds is 5. The Morgan fingerprint density at radius 1 is 1.33 bits per heavy atom. The highest BCUT2D eigenvalue weighted by atomic mass is 32.2. The number of hydrogen-bond acceptors (Lipinski definition) is 4. The fourth-order valence-corrected chi connectivity index (χ4v) is 2.87. The quantitative estimate of drug-likeness (QED) is 0.869. The number of ether oxygens (including phenoxy) is 1. The molecular weight excluding hydrogens is 252 g/mol. The van der Waals surface area contributed by atoms with Gasteiger partial charge in [-0.25, -0.2) is 8.42 Å². The van der Waals surface area contributed by atoms with Crippen molar-refractivity contribution < 1.29 is 13.2 Å². The molecule has 0 aliphatic rings. The Kier molecular flexibility index (Phi) is 4.59. The monoisotopic (exact) mass is 272 g/mol. The molecule has 0 saturated heterocycles. The zero-order valence-electron chi connectivity index (χ0n) is 11.2. The van der Waals surface area contributed by atoms with Crippen LogP contribution in [0.3, 0.4) is 0 Å². The molecule has 2 N–H and O–H groups in total. The predicted octanol–water partition coefficient (Wildman–Crippen LogP) is 1.04. The van der Waals surface area contributed by atoms with Crippen molar-refractivity contribution in [1.29, 1.82) is 0 Å². The number of aryl methyl sites for hydroxylation is 2. The van der Waals surface area contributed by atoms with Crippen LogP contribution in [0.1, 0.15) is 11.1 Å². The van der Waals surface area contributed by atoms with Crippen LogP contribution < -0.4 is 14.8 Å². The molecule has 0 aliphatic heterocycles. The summed E-state index contributed by atoms with van der Waals surface area (Å²) in [7, 11) is -0.353. The Bertz CT molecular complexity index is 526. The Hall–Kier alpha value is -1.27. The summed E-state index contributed by atoms with van der Waals surface area (Å²) < 4.78 is 30.5. The lowest BCUT2D eigenvalue weighted by atomic mass is 10.1. The minimum absolute atomic E-state index is 0.0837. The lowest BCUT2D eigenvalue weighted by Crippen LogP contribution is -2.32. The molecular formula is C12H20N2O3S. The molecule has 0 spiro atoms. The highest BCUT2D eigenvalue weighted by molar-refractivity contribution is 7.92. The minimum atomic E-state index is -3.40. The van der Waals surface area contributed by atoms with Crippen molar-refractivity contribution in [2.75, 3.05) is 30.8 Å². The van der Waals surface area contributed by atoms with E-state index in [1.165, 1.54) is 18.5 Å². The van der Waals surface area contributed by atoms with E-state index in [-0.39, 0.29) is 12.3 Å². The Labute approximate surface area is 109 Å². The van der Waals surface area contributed by atoms with Crippen LogP contribution in [0.25, 0.3) is 0 Å². The summed E-state index contributed by atoms with van der Waals surface area (Å²) in [4.78, 5) is 0. The van der Waals surface area contributed by atoms with E-state index in [9.17, 15) is 8.42 Å². The maximum atomic E-state index is 12.0. The molecule has 0 atom stereocenters. The number of sulfonamides is 1. The first kappa shape index (κ1) is 14.8. The summed E-state index contributed by atoms with van der Waals surface area (Å²) in [5, 5.41) is 0. The van der Waals surface area contributed by atoms with Gasteiger partial charge in [-0.3, -0.25) is 4.31 Å². The van der Waals surface area contributed by atoms with Crippen LogP contribution in [-0.4, -0.2) is 34.9 Å². The molecule has 5 nitrogen and oxygen atoms in total. The molecule has 0 amide bonds. The number of methoxy groups -OCH3 is 1. The van der Waals surface area contributed by atoms with Crippen molar-refractivity contribution in [3.8, 4) is 5.75 Å². The average Bonchev–Trinajstić information content (AvgIpc) is 2.27. The van der Waals surface area contributed by atoms with Gasteiger partial charge >= 0.3 is 0 Å². The molecule has 0 saturated carbocycles. The van der Waals surface area contributed by atoms with Crippen molar-refractivity contribution in [2.45, 2.75) is 13.8 Å². The molecule has 18 heavy (non-hydrogen) atoms. The van der Waals surface area contributed by atoms with E-state index in [1.807, 2.05) is 19.9 Å². The number of anilines is 1. The first-order valence-corrected chi connectivity index (χ1v) is 7.26. The van der Waals surface area contributed by atoms with Gasteiger partial charge in [-0.2, -0.15) is 0 Å². The van der Waals surface area contributed by atoms with Crippen molar-refractivity contribution >= 4 is 15.7 Å². The normalized spacial score (nSPS) is 11.4. The van der Waals surface area contributed by atoms with Gasteiger partial charge < -0.3 is 10.5 Å². The minimum Gasteiger partial charge on any atom is -0.494 e. The van der Waals surface area contributed by atoms with E-state index in [1.54, 1.807) is 6.07 Å². The van der Waals surface area contributed by atoms with E-state index < -0.39 is 10.0 Å². The van der Waals surface area contributed by atoms with Gasteiger partial charge in [0.05, 0.1) is 18.6 Å². The van der Waals surface area contributed by atoms with E-state index in [4.69, 9.17) is 10.5 Å². The maximum Gasteiger partial charge on any atom is 0.236 e. The average molecular weight is 272 g/mol. The summed E-state index contributed by atoms with van der Waals surface area (Å²) in [6.07, 6.45) is 0. The number of nitrogens with two attached hydrogens (primary N) is 1. The van der Waals surface area contributed by atoms with Gasteiger partial charge in [-0.05, 0) is 31.0 Å². The molecule has 1 rings (SSSR count). The topological polar surface area (TPSA) is 72.6 Å². The van der Waals surface area contributed by atoms with Crippen molar-refractivity contribution in [2.24, 2.45) is 5.73 Å². The van der Waals surface area contributed by atoms with Crippen molar-refractivity contribution in [3.05, 3.63) is 23.3 Å². The van der Waals surface area contributed by atoms with E-state index >= 15 is 0 Å². The van der Waals surface area contributed by atoms with Crippen LogP contribution in [0.15, 0.2) is 12.1 Å². The van der Waals surface area contributed by atoms with Crippen LogP contribution >= 0.6 is 0 Å². The number of nitrogens with zero attached hydrogens (tertiary/aromatic N) is 1. The van der Waals surface area contributed by atoms with Crippen LogP contribution in [-0.2, 0) is 10.0 Å². The summed E-state index contributed by atoms with van der Waals surface area (Å²) in [5.74, 6) is 0.489. The first-order valence-electron chi connectivity index (χ1n) is 5.65. The van der Waals surface area contributed by atoms with Gasteiger partial charge in [0.2, 0.25) is 10.0 Å². The maximum absolute atomic E-state index is 12.0. The second-order valence-corrected chi connectivity index (χ2v) is 6.33. The highest BCUT2D eigenvalue weighted by Crippen LogP contribution is 2.33. The third-order valence-electron chi connectivity index (χ3n) is 2.74. The Morgan fingerprint density at radius 3 is 2.44 bits per heavy atom. The van der Waals surface area contributed by atoms with E-state index in [0.717, 1.165) is 11.1 Å². The second-order valence-electron chi connectivity index (χ2n) is 4.21. The Balaban J connectivity index is 3.32. The number of hydrogen-bond donors (Lipinski definition) is 1. The fourth-order valence-electron chi connectivity index (χ4n) is 1.87. The van der Waals surface area contributed by atoms with Gasteiger partial charge in [-0.1, -0.05) is 6.07 Å². The standard InChI is InChI=1S/C12H20N2O3S/c1-9-7-10(2)12(17-4)11(8-9)14(3)18(15,16)6-5-13/h7-8H,5-6,13H2,1-4H3. The van der Waals surface area contributed by atoms with Gasteiger partial charge in [0.25, 0.3) is 0 Å². The van der Waals surface area contributed by atoms with Crippen LogP contribution in [0, 0.1) is 13.8 Å². The third kappa shape index (κ3) is 2.94. The van der Waals surface area contributed by atoms with E-state index in [2.05, 4.69) is 0 Å². The molecule has 0 unspecified atom stereocenters. The highest BCUT2D eigenvalue weighted by Gasteiger charge is 2.21. The van der Waals surface area contributed by atoms with Gasteiger partial charge in [0, 0.05) is 13.6 Å². The molecule has 0 heterocycles. The third-order valence-corrected chi connectivity index (χ3v) is 4.52. The van der Waals surface area contributed by atoms with Crippen molar-refractivity contribution in [3.63, 3.8) is 0 Å². The van der Waals surface area contributed by atoms with Crippen molar-refractivity contribution in [1.82, 2.24) is 0 Å². The molecule has 0 aromatic heterocycles. The second kappa shape index (κ2) is 5.58. The first-order chi connectivity index (χ1) is 8.33. The van der Waals surface area contributed by atoms with Crippen LogP contribution in [0.2, 0.25) is 0 Å². The van der Waals surface area contributed by atoms with Gasteiger partial charge in [0.1, 0.15) is 5.75 Å². The lowest BCUT2D eigenvalue weighted by molar-refractivity contribution is 0.412. The zero-order valence-corrected chi connectivity index (χ0v) is 12.0. The fraction of sp³-hybridized carbons (Fsp3) is 0.500. The summed E-state index contributed by atoms with van der Waals surface area (Å²) in [6.45, 7) is 3.90. The van der Waals surface area contributed by atoms with Gasteiger partial charge in [0.15, 0.2) is 0 Å². The van der Waals surface area contributed by atoms with Crippen LogP contribution in [0.4, 0.5) is 5.69 Å². The SMILES string of the molecule is COc1c(C)cc(C)cc1N(C)S(=O)(=O)CCN. The summed E-state index contributed by atoms with van der Waals surface area (Å²) >= 11 is 0. The molecule has 1 aromatic carbocycles. The molecule has 0 radical (unpaired) electrons. The van der Waals surface area contributed by atoms with Crippen LogP contribution in [0.5, 0.6) is 5.75 Å². The molecule has 0 bridgehead atoms. The predicted molar refractivity (Wildman–Crippen MR) is 73.7 cm³/mol. The molecule has 102 valence electrons. The molecule has 0 aliphatic carbocycles. The largest absolute Gasteiger partial charge is 0.494 e. The van der Waals surface area contributed by atoms with E-state index in [0.29, 0.717) is 11.4 Å². The number of benzene rings is 1. The zero-order chi connectivity index (χ0) is 13.9. The molecule has 6 heteroatoms. The summed E-state index contributed by atoms with van der Waals surface area (Å²) in [6, 6.07) is 3.74. The summed E-state index contributed by atoms with van der Waals surface area (Å²) in [5.41, 5.74) is 7.76. The lowest BCUT2D eigenvalue weighted by Gasteiger charge is -2.23. The molecule has 1 aromatic rings. The van der Waals surface area contributed by atoms with Gasteiger partial charge in [-0.15, -0.1) is 0 Å².